The van der Waals surface area contributed by atoms with Crippen LogP contribution in [0, 0.1) is 23.7 Å². The minimum Gasteiger partial charge on any atom is -0.352 e. The number of carbonyl (C=O) groups is 1. The van der Waals surface area contributed by atoms with Crippen molar-refractivity contribution in [2.24, 2.45) is 17.6 Å². The molecule has 4 nitrogen and oxygen atoms in total. The molecule has 1 aliphatic rings. The van der Waals surface area contributed by atoms with Crippen LogP contribution >= 0.6 is 0 Å². The highest BCUT2D eigenvalue weighted by Crippen LogP contribution is 2.36. The Labute approximate surface area is 113 Å². The van der Waals surface area contributed by atoms with Crippen molar-refractivity contribution in [2.75, 3.05) is 13.1 Å². The summed E-state index contributed by atoms with van der Waals surface area (Å²) in [4.78, 5) is 16.1. The third-order valence-electron chi connectivity index (χ3n) is 3.40. The first-order chi connectivity index (χ1) is 9.22. The Balaban J connectivity index is 2.01. The van der Waals surface area contributed by atoms with Gasteiger partial charge in [-0.1, -0.05) is 18.8 Å². The van der Waals surface area contributed by atoms with Gasteiger partial charge in [0.25, 0.3) is 5.91 Å². The lowest BCUT2D eigenvalue weighted by Crippen LogP contribution is -2.29. The minimum atomic E-state index is -0.0868. The van der Waals surface area contributed by atoms with Crippen LogP contribution in [0.3, 0.4) is 0 Å². The predicted octanol–water partition coefficient (Wildman–Crippen LogP) is 1.17. The molecule has 0 radical (unpaired) electrons. The zero-order valence-corrected chi connectivity index (χ0v) is 11.1. The first-order valence-electron chi connectivity index (χ1n) is 6.63. The van der Waals surface area contributed by atoms with Crippen LogP contribution in [-0.2, 0) is 0 Å². The van der Waals surface area contributed by atoms with Crippen LogP contribution in [-0.4, -0.2) is 24.0 Å². The summed E-state index contributed by atoms with van der Waals surface area (Å²) in [6, 6.07) is 1.69. The Morgan fingerprint density at radius 1 is 1.63 bits per heavy atom. The summed E-state index contributed by atoms with van der Waals surface area (Å²) in [5.74, 6) is 6.87. The van der Waals surface area contributed by atoms with Crippen LogP contribution in [0.2, 0.25) is 0 Å². The molecule has 4 heteroatoms. The van der Waals surface area contributed by atoms with E-state index >= 15 is 0 Å². The number of nitrogens with zero attached hydrogens (tertiary/aromatic N) is 1. The molecule has 1 unspecified atom stereocenters. The Morgan fingerprint density at radius 3 is 3.11 bits per heavy atom. The molecule has 0 saturated heterocycles. The molecule has 0 aromatic carbocycles. The molecule has 1 atom stereocenters. The van der Waals surface area contributed by atoms with Crippen molar-refractivity contribution < 1.29 is 4.79 Å². The maximum absolute atomic E-state index is 12.1. The molecule has 1 aromatic rings. The van der Waals surface area contributed by atoms with Crippen LogP contribution < -0.4 is 11.1 Å². The molecule has 1 amide bonds. The molecule has 1 aliphatic carbocycles. The molecular weight excluding hydrogens is 238 g/mol. The molecule has 3 N–H and O–H groups in total. The summed E-state index contributed by atoms with van der Waals surface area (Å²) in [6.45, 7) is 3.17. The van der Waals surface area contributed by atoms with E-state index in [0.29, 0.717) is 17.0 Å². The number of nitrogens with two attached hydrogens (primary N) is 1. The molecule has 100 valence electrons. The van der Waals surface area contributed by atoms with E-state index in [4.69, 9.17) is 5.73 Å². The summed E-state index contributed by atoms with van der Waals surface area (Å²) >= 11 is 0. The van der Waals surface area contributed by atoms with Crippen LogP contribution in [0.25, 0.3) is 0 Å². The second-order valence-corrected chi connectivity index (χ2v) is 4.95. The standard InChI is InChI=1S/C15H19N3O/c1-11(12-4-5-12)9-18-15(19)14-6-8-17-10-13(14)3-2-7-16/h6,8,10-12H,4-5,7,9,16H2,1H3,(H,18,19). The van der Waals surface area contributed by atoms with E-state index in [1.165, 1.54) is 12.8 Å². The van der Waals surface area contributed by atoms with Gasteiger partial charge in [0.1, 0.15) is 0 Å². The number of nitrogens with one attached hydrogen (secondary N) is 1. The number of hydrogen-bond donors (Lipinski definition) is 2. The molecule has 2 rings (SSSR count). The Bertz CT molecular complexity index is 512. The van der Waals surface area contributed by atoms with Gasteiger partial charge in [-0.25, -0.2) is 0 Å². The lowest BCUT2D eigenvalue weighted by molar-refractivity contribution is 0.0946. The van der Waals surface area contributed by atoms with Gasteiger partial charge in [-0.05, 0) is 30.7 Å². The fourth-order valence-electron chi connectivity index (χ4n) is 2.02. The Hall–Kier alpha value is -1.86. The van der Waals surface area contributed by atoms with E-state index in [1.54, 1.807) is 18.5 Å². The lowest BCUT2D eigenvalue weighted by atomic mass is 10.1. The quantitative estimate of drug-likeness (QED) is 0.796. The maximum atomic E-state index is 12.1. The summed E-state index contributed by atoms with van der Waals surface area (Å²) in [5.41, 5.74) is 6.54. The van der Waals surface area contributed by atoms with E-state index in [2.05, 4.69) is 29.1 Å². The monoisotopic (exact) mass is 257 g/mol. The van der Waals surface area contributed by atoms with Crippen LogP contribution in [0.5, 0.6) is 0 Å². The molecule has 1 aromatic heterocycles. The predicted molar refractivity (Wildman–Crippen MR) is 74.4 cm³/mol. The molecule has 0 spiro atoms. The summed E-state index contributed by atoms with van der Waals surface area (Å²) < 4.78 is 0. The highest BCUT2D eigenvalue weighted by molar-refractivity contribution is 5.96. The van der Waals surface area contributed by atoms with Crippen molar-refractivity contribution in [1.82, 2.24) is 10.3 Å². The van der Waals surface area contributed by atoms with Crippen molar-refractivity contribution in [3.8, 4) is 11.8 Å². The van der Waals surface area contributed by atoms with Crippen molar-refractivity contribution in [3.05, 3.63) is 29.6 Å². The fourth-order valence-corrected chi connectivity index (χ4v) is 2.02. The highest BCUT2D eigenvalue weighted by atomic mass is 16.1. The van der Waals surface area contributed by atoms with Gasteiger partial charge in [-0.3, -0.25) is 9.78 Å². The van der Waals surface area contributed by atoms with E-state index < -0.39 is 0 Å². The van der Waals surface area contributed by atoms with Gasteiger partial charge in [0.2, 0.25) is 0 Å². The van der Waals surface area contributed by atoms with Crippen LogP contribution in [0.4, 0.5) is 0 Å². The van der Waals surface area contributed by atoms with Crippen LogP contribution in [0.15, 0.2) is 18.5 Å². The largest absolute Gasteiger partial charge is 0.352 e. The van der Waals surface area contributed by atoms with E-state index in [9.17, 15) is 4.79 Å². The third kappa shape index (κ3) is 3.80. The fraction of sp³-hybridized carbons (Fsp3) is 0.467. The molecule has 0 aliphatic heterocycles. The van der Waals surface area contributed by atoms with E-state index in [1.807, 2.05) is 0 Å². The first-order valence-corrected chi connectivity index (χ1v) is 6.63. The zero-order chi connectivity index (χ0) is 13.7. The second kappa shape index (κ2) is 6.35. The van der Waals surface area contributed by atoms with Gasteiger partial charge in [-0.2, -0.15) is 0 Å². The van der Waals surface area contributed by atoms with E-state index in [-0.39, 0.29) is 12.5 Å². The van der Waals surface area contributed by atoms with Gasteiger partial charge in [-0.15, -0.1) is 0 Å². The van der Waals surface area contributed by atoms with Gasteiger partial charge in [0.15, 0.2) is 0 Å². The number of amides is 1. The number of aromatic nitrogens is 1. The van der Waals surface area contributed by atoms with Gasteiger partial charge >= 0.3 is 0 Å². The maximum Gasteiger partial charge on any atom is 0.252 e. The highest BCUT2D eigenvalue weighted by Gasteiger charge is 2.28. The topological polar surface area (TPSA) is 68.0 Å². The van der Waals surface area contributed by atoms with Crippen molar-refractivity contribution >= 4 is 5.91 Å². The number of carbonyl (C=O) groups excluding carboxylic acids is 1. The Kier molecular flexibility index (Phi) is 4.53. The molecular formula is C15H19N3O. The van der Waals surface area contributed by atoms with Crippen molar-refractivity contribution in [3.63, 3.8) is 0 Å². The molecule has 1 fully saturated rings. The van der Waals surface area contributed by atoms with Crippen molar-refractivity contribution in [1.29, 1.82) is 0 Å². The van der Waals surface area contributed by atoms with Gasteiger partial charge in [0, 0.05) is 18.9 Å². The van der Waals surface area contributed by atoms with Crippen molar-refractivity contribution in [2.45, 2.75) is 19.8 Å². The van der Waals surface area contributed by atoms with Gasteiger partial charge in [0.05, 0.1) is 17.7 Å². The van der Waals surface area contributed by atoms with Gasteiger partial charge < -0.3 is 11.1 Å². The summed E-state index contributed by atoms with van der Waals surface area (Å²) in [6.07, 6.45) is 5.79. The second-order valence-electron chi connectivity index (χ2n) is 4.95. The average Bonchev–Trinajstić information content (AvgIpc) is 3.27. The third-order valence-corrected chi connectivity index (χ3v) is 3.40. The normalized spacial score (nSPS) is 15.3. The van der Waals surface area contributed by atoms with E-state index in [0.717, 1.165) is 12.5 Å². The Morgan fingerprint density at radius 2 is 2.42 bits per heavy atom. The lowest BCUT2D eigenvalue weighted by Gasteiger charge is -2.12. The molecule has 0 bridgehead atoms. The molecule has 1 heterocycles. The average molecular weight is 257 g/mol. The number of rotatable bonds is 4. The van der Waals surface area contributed by atoms with Crippen LogP contribution in [0.1, 0.15) is 35.7 Å². The first kappa shape index (κ1) is 13.6. The molecule has 1 saturated carbocycles. The summed E-state index contributed by atoms with van der Waals surface area (Å²) in [7, 11) is 0. The number of pyridine rings is 1. The SMILES string of the molecule is CC(CNC(=O)c1ccncc1C#CCN)C1CC1. The zero-order valence-electron chi connectivity index (χ0n) is 11.1. The summed E-state index contributed by atoms with van der Waals surface area (Å²) in [5, 5.41) is 2.97. The molecule has 19 heavy (non-hydrogen) atoms. The minimum absolute atomic E-state index is 0.0868. The number of hydrogen-bond acceptors (Lipinski definition) is 3. The smallest absolute Gasteiger partial charge is 0.252 e.